The van der Waals surface area contributed by atoms with Crippen molar-refractivity contribution >= 4 is 11.6 Å². The molecule has 2 rings (SSSR count). The topological polar surface area (TPSA) is 54.0 Å². The Morgan fingerprint density at radius 1 is 1.24 bits per heavy atom. The summed E-state index contributed by atoms with van der Waals surface area (Å²) in [6.45, 7) is 3.26. The van der Waals surface area contributed by atoms with E-state index in [1.54, 1.807) is 24.4 Å². The van der Waals surface area contributed by atoms with Crippen LogP contribution < -0.4 is 10.6 Å². The van der Waals surface area contributed by atoms with Gasteiger partial charge >= 0.3 is 0 Å². The van der Waals surface area contributed by atoms with Gasteiger partial charge in [-0.3, -0.25) is 9.78 Å². The number of amides is 1. The molecule has 0 bridgehead atoms. The Kier molecular flexibility index (Phi) is 5.26. The lowest BCUT2D eigenvalue weighted by Crippen LogP contribution is -2.23. The molecule has 1 aromatic heterocycles. The lowest BCUT2D eigenvalue weighted by atomic mass is 10.2. The van der Waals surface area contributed by atoms with Crippen molar-refractivity contribution in [3.05, 3.63) is 59.7 Å². The predicted molar refractivity (Wildman–Crippen MR) is 80.6 cm³/mol. The van der Waals surface area contributed by atoms with Gasteiger partial charge in [-0.05, 0) is 30.2 Å². The normalized spacial score (nSPS) is 10.2. The highest BCUT2D eigenvalue weighted by Gasteiger charge is 2.06. The average Bonchev–Trinajstić information content (AvgIpc) is 2.52. The van der Waals surface area contributed by atoms with E-state index in [4.69, 9.17) is 0 Å². The summed E-state index contributed by atoms with van der Waals surface area (Å²) < 4.78 is 12.8. The van der Waals surface area contributed by atoms with E-state index < -0.39 is 0 Å². The summed E-state index contributed by atoms with van der Waals surface area (Å²) in [6, 6.07) is 7.81. The number of anilines is 1. The Hall–Kier alpha value is -2.43. The van der Waals surface area contributed by atoms with E-state index in [0.717, 1.165) is 24.2 Å². The lowest BCUT2D eigenvalue weighted by Gasteiger charge is -2.08. The molecule has 0 saturated heterocycles. The Bertz CT molecular complexity index is 599. The number of pyridine rings is 1. The molecule has 1 aromatic carbocycles. The number of nitrogens with zero attached hydrogens (tertiary/aromatic N) is 1. The average molecular weight is 287 g/mol. The van der Waals surface area contributed by atoms with Crippen LogP contribution >= 0.6 is 0 Å². The molecule has 0 aliphatic rings. The Labute approximate surface area is 123 Å². The molecule has 0 fully saturated rings. The minimum Gasteiger partial charge on any atom is -0.384 e. The second-order valence-electron chi connectivity index (χ2n) is 4.70. The minimum absolute atomic E-state index is 0.202. The zero-order valence-electron chi connectivity index (χ0n) is 11.9. The van der Waals surface area contributed by atoms with Gasteiger partial charge in [0.1, 0.15) is 5.82 Å². The molecular formula is C16H18FN3O. The predicted octanol–water partition coefficient (Wildman–Crippen LogP) is 2.97. The van der Waals surface area contributed by atoms with E-state index in [1.807, 2.05) is 0 Å². The molecule has 0 aliphatic heterocycles. The monoisotopic (exact) mass is 287 g/mol. The fraction of sp³-hybridized carbons (Fsp3) is 0.250. The molecule has 0 saturated carbocycles. The highest BCUT2D eigenvalue weighted by Crippen LogP contribution is 2.09. The van der Waals surface area contributed by atoms with Crippen LogP contribution in [-0.4, -0.2) is 17.4 Å². The maximum Gasteiger partial charge on any atom is 0.253 e. The van der Waals surface area contributed by atoms with Gasteiger partial charge in [0.05, 0.1) is 11.3 Å². The van der Waals surface area contributed by atoms with Crippen LogP contribution in [0, 0.1) is 5.82 Å². The standard InChI is InChI=1S/C16H18FN3O/c1-2-7-19-15-8-13(10-18-11-15)16(21)20-9-12-3-5-14(17)6-4-12/h3-6,8,10-11,19H,2,7,9H2,1H3,(H,20,21). The van der Waals surface area contributed by atoms with Crippen molar-refractivity contribution in [2.45, 2.75) is 19.9 Å². The van der Waals surface area contributed by atoms with Gasteiger partial charge < -0.3 is 10.6 Å². The maximum absolute atomic E-state index is 12.8. The van der Waals surface area contributed by atoms with Crippen molar-refractivity contribution in [1.82, 2.24) is 10.3 Å². The van der Waals surface area contributed by atoms with Crippen LogP contribution in [-0.2, 0) is 6.54 Å². The van der Waals surface area contributed by atoms with Gasteiger partial charge in [0, 0.05) is 25.5 Å². The van der Waals surface area contributed by atoms with E-state index in [2.05, 4.69) is 22.5 Å². The second-order valence-corrected chi connectivity index (χ2v) is 4.70. The molecule has 2 N–H and O–H groups in total. The molecule has 1 heterocycles. The summed E-state index contributed by atoms with van der Waals surface area (Å²) in [5, 5.41) is 5.97. The first-order valence-corrected chi connectivity index (χ1v) is 6.90. The Balaban J connectivity index is 1.95. The van der Waals surface area contributed by atoms with E-state index in [0.29, 0.717) is 12.1 Å². The molecule has 5 heteroatoms. The molecule has 0 unspecified atom stereocenters. The van der Waals surface area contributed by atoms with Crippen LogP contribution in [0.4, 0.5) is 10.1 Å². The first kappa shape index (κ1) is 15.0. The number of hydrogen-bond acceptors (Lipinski definition) is 3. The number of hydrogen-bond donors (Lipinski definition) is 2. The molecular weight excluding hydrogens is 269 g/mol. The highest BCUT2D eigenvalue weighted by atomic mass is 19.1. The number of rotatable bonds is 6. The lowest BCUT2D eigenvalue weighted by molar-refractivity contribution is 0.0950. The van der Waals surface area contributed by atoms with Gasteiger partial charge in [-0.1, -0.05) is 19.1 Å². The van der Waals surface area contributed by atoms with Crippen molar-refractivity contribution in [2.24, 2.45) is 0 Å². The number of carbonyl (C=O) groups is 1. The summed E-state index contributed by atoms with van der Waals surface area (Å²) in [4.78, 5) is 16.1. The van der Waals surface area contributed by atoms with Crippen LogP contribution in [0.1, 0.15) is 29.3 Å². The van der Waals surface area contributed by atoms with Crippen LogP contribution in [0.3, 0.4) is 0 Å². The zero-order chi connectivity index (χ0) is 15.1. The maximum atomic E-state index is 12.8. The number of nitrogens with one attached hydrogen (secondary N) is 2. The van der Waals surface area contributed by atoms with Gasteiger partial charge in [-0.15, -0.1) is 0 Å². The number of benzene rings is 1. The molecule has 21 heavy (non-hydrogen) atoms. The van der Waals surface area contributed by atoms with Gasteiger partial charge in [-0.25, -0.2) is 4.39 Å². The van der Waals surface area contributed by atoms with Crippen LogP contribution in [0.2, 0.25) is 0 Å². The zero-order valence-corrected chi connectivity index (χ0v) is 11.9. The first-order chi connectivity index (χ1) is 10.2. The van der Waals surface area contributed by atoms with Crippen molar-refractivity contribution in [3.8, 4) is 0 Å². The summed E-state index contributed by atoms with van der Waals surface area (Å²) in [5.41, 5.74) is 2.17. The summed E-state index contributed by atoms with van der Waals surface area (Å²) >= 11 is 0. The Morgan fingerprint density at radius 2 is 2.00 bits per heavy atom. The van der Waals surface area contributed by atoms with Gasteiger partial charge in [0.25, 0.3) is 5.91 Å². The van der Waals surface area contributed by atoms with Gasteiger partial charge in [0.2, 0.25) is 0 Å². The van der Waals surface area contributed by atoms with E-state index in [9.17, 15) is 9.18 Å². The van der Waals surface area contributed by atoms with Crippen LogP contribution in [0.25, 0.3) is 0 Å². The summed E-state index contributed by atoms with van der Waals surface area (Å²) in [6.07, 6.45) is 4.21. The second kappa shape index (κ2) is 7.38. The molecule has 2 aromatic rings. The molecule has 1 amide bonds. The Morgan fingerprint density at radius 3 is 2.71 bits per heavy atom. The smallest absolute Gasteiger partial charge is 0.253 e. The largest absolute Gasteiger partial charge is 0.384 e. The van der Waals surface area contributed by atoms with E-state index in [-0.39, 0.29) is 11.7 Å². The third-order valence-corrected chi connectivity index (χ3v) is 2.95. The van der Waals surface area contributed by atoms with Crippen molar-refractivity contribution in [1.29, 1.82) is 0 Å². The highest BCUT2D eigenvalue weighted by molar-refractivity contribution is 5.94. The number of aromatic nitrogens is 1. The minimum atomic E-state index is -0.288. The number of carbonyl (C=O) groups excluding carboxylic acids is 1. The van der Waals surface area contributed by atoms with Gasteiger partial charge in [0.15, 0.2) is 0 Å². The molecule has 110 valence electrons. The molecule has 0 spiro atoms. The molecule has 0 radical (unpaired) electrons. The first-order valence-electron chi connectivity index (χ1n) is 6.90. The molecule has 0 atom stereocenters. The quantitative estimate of drug-likeness (QED) is 0.859. The van der Waals surface area contributed by atoms with Crippen molar-refractivity contribution < 1.29 is 9.18 Å². The molecule has 0 aliphatic carbocycles. The summed E-state index contributed by atoms with van der Waals surface area (Å²) in [5.74, 6) is -0.490. The summed E-state index contributed by atoms with van der Waals surface area (Å²) in [7, 11) is 0. The third kappa shape index (κ3) is 4.56. The van der Waals surface area contributed by atoms with Crippen LogP contribution in [0.15, 0.2) is 42.7 Å². The SMILES string of the molecule is CCCNc1cncc(C(=O)NCc2ccc(F)cc2)c1. The number of halogens is 1. The third-order valence-electron chi connectivity index (χ3n) is 2.95. The van der Waals surface area contributed by atoms with Gasteiger partial charge in [-0.2, -0.15) is 0 Å². The van der Waals surface area contributed by atoms with Crippen molar-refractivity contribution in [3.63, 3.8) is 0 Å². The van der Waals surface area contributed by atoms with E-state index >= 15 is 0 Å². The van der Waals surface area contributed by atoms with E-state index in [1.165, 1.54) is 18.3 Å². The fourth-order valence-corrected chi connectivity index (χ4v) is 1.82. The molecule has 4 nitrogen and oxygen atoms in total. The van der Waals surface area contributed by atoms with Crippen molar-refractivity contribution in [2.75, 3.05) is 11.9 Å². The fourth-order valence-electron chi connectivity index (χ4n) is 1.82. The van der Waals surface area contributed by atoms with Crippen LogP contribution in [0.5, 0.6) is 0 Å².